The summed E-state index contributed by atoms with van der Waals surface area (Å²) in [6.07, 6.45) is 4.02. The van der Waals surface area contributed by atoms with Crippen molar-refractivity contribution in [2.45, 2.75) is 13.0 Å². The Labute approximate surface area is 150 Å². The fourth-order valence-electron chi connectivity index (χ4n) is 2.12. The van der Waals surface area contributed by atoms with Crippen LogP contribution in [0.3, 0.4) is 0 Å². The lowest BCUT2D eigenvalue weighted by atomic mass is 10.2. The van der Waals surface area contributed by atoms with Gasteiger partial charge in [-0.3, -0.25) is 14.1 Å². The summed E-state index contributed by atoms with van der Waals surface area (Å²) in [5, 5.41) is 3.09. The molecule has 6 nitrogen and oxygen atoms in total. The quantitative estimate of drug-likeness (QED) is 0.853. The Morgan fingerprint density at radius 3 is 2.58 bits per heavy atom. The average Bonchev–Trinajstić information content (AvgIpc) is 2.50. The molecule has 0 radical (unpaired) electrons. The normalized spacial score (nSPS) is 12.5. The third-order valence-electron chi connectivity index (χ3n) is 3.16. The molecule has 0 aliphatic heterocycles. The zero-order chi connectivity index (χ0) is 17.9. The van der Waals surface area contributed by atoms with Crippen molar-refractivity contribution in [1.29, 1.82) is 0 Å². The number of pyridine rings is 1. The summed E-state index contributed by atoms with van der Waals surface area (Å²) in [4.78, 5) is 16.3. The molecule has 2 aromatic rings. The van der Waals surface area contributed by atoms with E-state index in [1.807, 2.05) is 0 Å². The second kappa shape index (κ2) is 7.38. The van der Waals surface area contributed by atoms with E-state index in [9.17, 15) is 13.2 Å². The summed E-state index contributed by atoms with van der Waals surface area (Å²) in [5.74, 6) is -0.524. The van der Waals surface area contributed by atoms with E-state index in [0.717, 1.165) is 10.6 Å². The van der Waals surface area contributed by atoms with Crippen molar-refractivity contribution >= 4 is 50.5 Å². The minimum Gasteiger partial charge on any atom is -0.323 e. The predicted molar refractivity (Wildman–Crippen MR) is 96.1 cm³/mol. The highest BCUT2D eigenvalue weighted by molar-refractivity contribution is 7.92. The fraction of sp³-hybridized carbons (Fsp3) is 0.200. The monoisotopic (exact) mass is 387 g/mol. The molecule has 128 valence electrons. The lowest BCUT2D eigenvalue weighted by molar-refractivity contribution is -0.116. The molecule has 0 aliphatic carbocycles. The van der Waals surface area contributed by atoms with Crippen LogP contribution in [0.1, 0.15) is 6.92 Å². The summed E-state index contributed by atoms with van der Waals surface area (Å²) >= 11 is 12.0. The summed E-state index contributed by atoms with van der Waals surface area (Å²) in [7, 11) is -3.78. The first-order chi connectivity index (χ1) is 11.2. The summed E-state index contributed by atoms with van der Waals surface area (Å²) < 4.78 is 25.4. The number of hydrogen-bond donors (Lipinski definition) is 1. The number of aromatic nitrogens is 1. The number of nitrogens with one attached hydrogen (secondary N) is 1. The van der Waals surface area contributed by atoms with Gasteiger partial charge in [-0.2, -0.15) is 0 Å². The molecule has 1 heterocycles. The molecule has 2 rings (SSSR count). The molecule has 0 fully saturated rings. The molecule has 1 atom stereocenters. The third-order valence-corrected chi connectivity index (χ3v) is 4.95. The van der Waals surface area contributed by atoms with Gasteiger partial charge in [0, 0.05) is 11.2 Å². The second-order valence-corrected chi connectivity index (χ2v) is 7.76. The Morgan fingerprint density at radius 2 is 2.00 bits per heavy atom. The average molecular weight is 388 g/mol. The van der Waals surface area contributed by atoms with Crippen molar-refractivity contribution in [2.24, 2.45) is 0 Å². The van der Waals surface area contributed by atoms with Crippen LogP contribution in [-0.4, -0.2) is 31.6 Å². The number of nitrogens with zero attached hydrogens (tertiary/aromatic N) is 2. The van der Waals surface area contributed by atoms with Crippen LogP contribution in [0.15, 0.2) is 42.7 Å². The molecule has 0 bridgehead atoms. The Morgan fingerprint density at radius 1 is 1.29 bits per heavy atom. The smallest absolute Gasteiger partial charge is 0.248 e. The molecule has 24 heavy (non-hydrogen) atoms. The van der Waals surface area contributed by atoms with E-state index in [1.165, 1.54) is 31.3 Å². The molecule has 1 N–H and O–H groups in total. The third kappa shape index (κ3) is 4.37. The maximum Gasteiger partial charge on any atom is 0.248 e. The molecule has 0 saturated heterocycles. The van der Waals surface area contributed by atoms with Crippen molar-refractivity contribution < 1.29 is 13.2 Å². The van der Waals surface area contributed by atoms with Crippen LogP contribution in [0.2, 0.25) is 10.0 Å². The van der Waals surface area contributed by atoms with E-state index in [1.54, 1.807) is 18.3 Å². The van der Waals surface area contributed by atoms with Gasteiger partial charge in [0.25, 0.3) is 0 Å². The van der Waals surface area contributed by atoms with Gasteiger partial charge in [-0.05, 0) is 37.3 Å². The van der Waals surface area contributed by atoms with E-state index >= 15 is 0 Å². The van der Waals surface area contributed by atoms with Gasteiger partial charge in [0.05, 0.1) is 28.9 Å². The lowest BCUT2D eigenvalue weighted by Gasteiger charge is -2.29. The molecular weight excluding hydrogens is 373 g/mol. The highest BCUT2D eigenvalue weighted by Crippen LogP contribution is 2.32. The highest BCUT2D eigenvalue weighted by atomic mass is 35.5. The standard InChI is InChI=1S/C15H15Cl2N3O3S/c1-10(15(21)19-12-4-3-7-18-9-12)20(24(2,22)23)14-8-11(16)5-6-13(14)17/h3-10H,1-2H3,(H,19,21)/t10-/m0/s1. The molecule has 1 amide bonds. The Balaban J connectivity index is 2.38. The van der Waals surface area contributed by atoms with Crippen molar-refractivity contribution in [3.05, 3.63) is 52.8 Å². The fourth-order valence-corrected chi connectivity index (χ4v) is 3.72. The van der Waals surface area contributed by atoms with Gasteiger partial charge >= 0.3 is 0 Å². The highest BCUT2D eigenvalue weighted by Gasteiger charge is 2.30. The van der Waals surface area contributed by atoms with E-state index in [4.69, 9.17) is 23.2 Å². The maximum atomic E-state index is 12.4. The van der Waals surface area contributed by atoms with E-state index < -0.39 is 22.0 Å². The van der Waals surface area contributed by atoms with Crippen molar-refractivity contribution in [2.75, 3.05) is 15.9 Å². The molecule has 0 unspecified atom stereocenters. The molecule has 1 aromatic heterocycles. The van der Waals surface area contributed by atoms with E-state index in [0.29, 0.717) is 10.7 Å². The molecular formula is C15H15Cl2N3O3S. The van der Waals surface area contributed by atoms with Crippen molar-refractivity contribution in [3.8, 4) is 0 Å². The topological polar surface area (TPSA) is 79.4 Å². The Bertz CT molecular complexity index is 844. The number of rotatable bonds is 5. The van der Waals surface area contributed by atoms with E-state index in [2.05, 4.69) is 10.3 Å². The zero-order valence-electron chi connectivity index (χ0n) is 12.9. The summed E-state index contributed by atoms with van der Waals surface area (Å²) in [6, 6.07) is 6.67. The second-order valence-electron chi connectivity index (χ2n) is 5.06. The van der Waals surface area contributed by atoms with Gasteiger partial charge < -0.3 is 5.32 Å². The number of hydrogen-bond acceptors (Lipinski definition) is 4. The largest absolute Gasteiger partial charge is 0.323 e. The van der Waals surface area contributed by atoms with Crippen LogP contribution in [0, 0.1) is 0 Å². The number of benzene rings is 1. The van der Waals surface area contributed by atoms with Gasteiger partial charge in [-0.15, -0.1) is 0 Å². The van der Waals surface area contributed by atoms with Gasteiger partial charge in [-0.1, -0.05) is 23.2 Å². The maximum absolute atomic E-state index is 12.4. The number of carbonyl (C=O) groups is 1. The van der Waals surface area contributed by atoms with Crippen LogP contribution in [0.25, 0.3) is 0 Å². The van der Waals surface area contributed by atoms with Gasteiger partial charge in [-0.25, -0.2) is 8.42 Å². The molecule has 9 heteroatoms. The van der Waals surface area contributed by atoms with Crippen LogP contribution < -0.4 is 9.62 Å². The van der Waals surface area contributed by atoms with Gasteiger partial charge in [0.1, 0.15) is 6.04 Å². The number of halogens is 2. The summed E-state index contributed by atoms with van der Waals surface area (Å²) in [5.41, 5.74) is 0.598. The lowest BCUT2D eigenvalue weighted by Crippen LogP contribution is -2.45. The molecule has 1 aromatic carbocycles. The number of carbonyl (C=O) groups excluding carboxylic acids is 1. The summed E-state index contributed by atoms with van der Waals surface area (Å²) in [6.45, 7) is 1.46. The number of amides is 1. The van der Waals surface area contributed by atoms with Crippen molar-refractivity contribution in [1.82, 2.24) is 4.98 Å². The number of anilines is 2. The Kier molecular flexibility index (Phi) is 5.69. The molecule has 0 saturated carbocycles. The minimum absolute atomic E-state index is 0.139. The van der Waals surface area contributed by atoms with Gasteiger partial charge in [0.15, 0.2) is 0 Å². The minimum atomic E-state index is -3.78. The van der Waals surface area contributed by atoms with Gasteiger partial charge in [0.2, 0.25) is 15.9 Å². The van der Waals surface area contributed by atoms with Crippen LogP contribution >= 0.6 is 23.2 Å². The van der Waals surface area contributed by atoms with Crippen molar-refractivity contribution in [3.63, 3.8) is 0 Å². The van der Waals surface area contributed by atoms with Crippen LogP contribution in [0.4, 0.5) is 11.4 Å². The SMILES string of the molecule is C[C@@H](C(=O)Nc1cccnc1)N(c1cc(Cl)ccc1Cl)S(C)(=O)=O. The number of sulfonamides is 1. The van der Waals surface area contributed by atoms with E-state index in [-0.39, 0.29) is 10.7 Å². The Hall–Kier alpha value is -1.83. The first-order valence-electron chi connectivity index (χ1n) is 6.85. The molecule has 0 spiro atoms. The predicted octanol–water partition coefficient (Wildman–Crippen LogP) is 3.18. The first-order valence-corrected chi connectivity index (χ1v) is 9.46. The van der Waals surface area contributed by atoms with Crippen LogP contribution in [0.5, 0.6) is 0 Å². The zero-order valence-corrected chi connectivity index (χ0v) is 15.2. The van der Waals surface area contributed by atoms with Crippen LogP contribution in [-0.2, 0) is 14.8 Å². The first kappa shape index (κ1) is 18.5. The molecule has 0 aliphatic rings.